The van der Waals surface area contributed by atoms with E-state index in [0.717, 1.165) is 0 Å². The lowest BCUT2D eigenvalue weighted by molar-refractivity contribution is 0.664. The van der Waals surface area contributed by atoms with Crippen molar-refractivity contribution < 1.29 is 0 Å². The van der Waals surface area contributed by atoms with Crippen LogP contribution in [0.25, 0.3) is 86.3 Å². The van der Waals surface area contributed by atoms with Crippen LogP contribution in [0.3, 0.4) is 0 Å². The summed E-state index contributed by atoms with van der Waals surface area (Å²) in [7, 11) is 0. The van der Waals surface area contributed by atoms with E-state index in [1.807, 2.05) is 11.3 Å². The molecule has 0 bridgehead atoms. The van der Waals surface area contributed by atoms with E-state index in [2.05, 4.69) is 169 Å². The quantitative estimate of drug-likeness (QED) is 0.180. The Kier molecular flexibility index (Phi) is 5.09. The van der Waals surface area contributed by atoms with Crippen molar-refractivity contribution in [3.63, 3.8) is 0 Å². The van der Waals surface area contributed by atoms with Gasteiger partial charge in [0.05, 0.1) is 22.1 Å². The fourth-order valence-electron chi connectivity index (χ4n) is 8.91. The standard InChI is InChI=1S/C45H30N2S/c1-45(2)34-20-10-6-17-30(34)39-40-31-18-7-11-21-35(31)46(27-14-4-3-5-15-27)43(40)41-32-19-8-12-22-36(32)47(44(41)42(39)45)28-24-25-38-33(26-28)29-16-9-13-23-37(29)48-38/h3-26H,1-2H3. The van der Waals surface area contributed by atoms with Crippen LogP contribution >= 0.6 is 11.3 Å². The lowest BCUT2D eigenvalue weighted by Crippen LogP contribution is -2.16. The smallest absolute Gasteiger partial charge is 0.0647 e. The van der Waals surface area contributed by atoms with E-state index in [9.17, 15) is 0 Å². The summed E-state index contributed by atoms with van der Waals surface area (Å²) in [4.78, 5) is 0. The molecule has 0 aliphatic heterocycles. The number of rotatable bonds is 2. The number of benzene rings is 7. The maximum Gasteiger partial charge on any atom is 0.0647 e. The zero-order valence-electron chi connectivity index (χ0n) is 26.7. The molecule has 226 valence electrons. The van der Waals surface area contributed by atoms with Gasteiger partial charge in [-0.3, -0.25) is 0 Å². The number of hydrogen-bond donors (Lipinski definition) is 0. The minimum Gasteiger partial charge on any atom is -0.309 e. The van der Waals surface area contributed by atoms with Gasteiger partial charge < -0.3 is 9.13 Å². The molecule has 0 saturated heterocycles. The van der Waals surface area contributed by atoms with E-state index in [4.69, 9.17) is 0 Å². The molecule has 2 nitrogen and oxygen atoms in total. The molecule has 0 N–H and O–H groups in total. The molecule has 10 aromatic rings. The molecule has 0 radical (unpaired) electrons. The largest absolute Gasteiger partial charge is 0.309 e. The molecular formula is C45H30N2S. The molecule has 3 heterocycles. The summed E-state index contributed by atoms with van der Waals surface area (Å²) >= 11 is 1.88. The first-order chi connectivity index (χ1) is 23.6. The van der Waals surface area contributed by atoms with Crippen molar-refractivity contribution in [3.05, 3.63) is 157 Å². The van der Waals surface area contributed by atoms with Crippen LogP contribution in [0.15, 0.2) is 146 Å². The average Bonchev–Trinajstić information content (AvgIpc) is 3.84. The van der Waals surface area contributed by atoms with Crippen LogP contribution in [-0.4, -0.2) is 9.13 Å². The lowest BCUT2D eigenvalue weighted by atomic mass is 9.81. The minimum absolute atomic E-state index is 0.209. The van der Waals surface area contributed by atoms with Gasteiger partial charge in [-0.2, -0.15) is 0 Å². The molecule has 0 unspecified atom stereocenters. The molecule has 7 aromatic carbocycles. The SMILES string of the molecule is CC1(C)c2ccccc2-c2c1c1c(c3ccccc3n1-c1ccc3sc4ccccc4c3c1)c1c2c2ccccc2n1-c1ccccc1. The van der Waals surface area contributed by atoms with Crippen LogP contribution in [0.5, 0.6) is 0 Å². The number of para-hydroxylation sites is 3. The number of aromatic nitrogens is 2. The minimum atomic E-state index is -0.209. The van der Waals surface area contributed by atoms with Gasteiger partial charge in [0, 0.05) is 58.5 Å². The third kappa shape index (κ3) is 3.22. The van der Waals surface area contributed by atoms with Crippen molar-refractivity contribution >= 4 is 75.1 Å². The summed E-state index contributed by atoms with van der Waals surface area (Å²) in [5.41, 5.74) is 12.7. The molecular weight excluding hydrogens is 601 g/mol. The number of nitrogens with zero attached hydrogens (tertiary/aromatic N) is 2. The molecule has 0 spiro atoms. The molecule has 0 amide bonds. The fourth-order valence-corrected chi connectivity index (χ4v) is 10.0. The highest BCUT2D eigenvalue weighted by Crippen LogP contribution is 2.58. The van der Waals surface area contributed by atoms with Crippen LogP contribution in [-0.2, 0) is 5.41 Å². The van der Waals surface area contributed by atoms with Crippen molar-refractivity contribution in [3.8, 4) is 22.5 Å². The molecule has 0 saturated carbocycles. The normalized spacial score (nSPS) is 13.8. The summed E-state index contributed by atoms with van der Waals surface area (Å²) in [5, 5.41) is 7.88. The zero-order chi connectivity index (χ0) is 31.7. The van der Waals surface area contributed by atoms with Crippen molar-refractivity contribution in [2.24, 2.45) is 0 Å². The molecule has 1 aliphatic carbocycles. The highest BCUT2D eigenvalue weighted by atomic mass is 32.1. The van der Waals surface area contributed by atoms with Gasteiger partial charge in [-0.1, -0.05) is 111 Å². The maximum atomic E-state index is 2.58. The van der Waals surface area contributed by atoms with Gasteiger partial charge in [0.25, 0.3) is 0 Å². The third-order valence-corrected chi connectivity index (χ3v) is 12.0. The second-order valence-corrected chi connectivity index (χ2v) is 14.8. The highest BCUT2D eigenvalue weighted by molar-refractivity contribution is 7.25. The highest BCUT2D eigenvalue weighted by Gasteiger charge is 2.41. The Bertz CT molecular complexity index is 2970. The van der Waals surface area contributed by atoms with Crippen LogP contribution in [0.4, 0.5) is 0 Å². The van der Waals surface area contributed by atoms with Gasteiger partial charge in [0.15, 0.2) is 0 Å². The van der Waals surface area contributed by atoms with E-state index in [-0.39, 0.29) is 5.41 Å². The Morgan fingerprint density at radius 2 is 1.08 bits per heavy atom. The Morgan fingerprint density at radius 1 is 0.479 bits per heavy atom. The molecule has 1 aliphatic rings. The van der Waals surface area contributed by atoms with Gasteiger partial charge in [-0.25, -0.2) is 0 Å². The number of hydrogen-bond acceptors (Lipinski definition) is 1. The van der Waals surface area contributed by atoms with Crippen molar-refractivity contribution in [2.45, 2.75) is 19.3 Å². The molecule has 3 heteroatoms. The van der Waals surface area contributed by atoms with E-state index in [0.29, 0.717) is 0 Å². The van der Waals surface area contributed by atoms with Gasteiger partial charge in [-0.15, -0.1) is 11.3 Å². The van der Waals surface area contributed by atoms with Gasteiger partial charge in [0.2, 0.25) is 0 Å². The summed E-state index contributed by atoms with van der Waals surface area (Å²) in [5.74, 6) is 0. The first-order valence-electron chi connectivity index (χ1n) is 16.7. The van der Waals surface area contributed by atoms with Crippen molar-refractivity contribution in [2.75, 3.05) is 0 Å². The third-order valence-electron chi connectivity index (χ3n) is 10.9. The monoisotopic (exact) mass is 630 g/mol. The van der Waals surface area contributed by atoms with E-state index >= 15 is 0 Å². The molecule has 11 rings (SSSR count). The van der Waals surface area contributed by atoms with Gasteiger partial charge in [-0.05, 0) is 70.8 Å². The Hall–Kier alpha value is -5.64. The maximum absolute atomic E-state index is 2.58. The predicted molar refractivity (Wildman–Crippen MR) is 206 cm³/mol. The van der Waals surface area contributed by atoms with E-state index in [1.54, 1.807) is 0 Å². The van der Waals surface area contributed by atoms with Crippen LogP contribution in [0, 0.1) is 0 Å². The van der Waals surface area contributed by atoms with Crippen LogP contribution in [0.1, 0.15) is 25.0 Å². The zero-order valence-corrected chi connectivity index (χ0v) is 27.5. The molecule has 0 fully saturated rings. The summed E-state index contributed by atoms with van der Waals surface area (Å²) in [6, 6.07) is 54.0. The van der Waals surface area contributed by atoms with E-state index < -0.39 is 0 Å². The first kappa shape index (κ1) is 26.4. The molecule has 3 aromatic heterocycles. The number of fused-ring (bicyclic) bond motifs is 15. The summed E-state index contributed by atoms with van der Waals surface area (Å²) in [6.45, 7) is 4.85. The van der Waals surface area contributed by atoms with E-state index in [1.165, 1.54) is 97.4 Å². The van der Waals surface area contributed by atoms with Crippen molar-refractivity contribution in [1.29, 1.82) is 0 Å². The summed E-state index contributed by atoms with van der Waals surface area (Å²) in [6.07, 6.45) is 0. The fraction of sp³-hybridized carbons (Fsp3) is 0.0667. The Balaban J connectivity index is 1.44. The van der Waals surface area contributed by atoms with Crippen molar-refractivity contribution in [1.82, 2.24) is 9.13 Å². The topological polar surface area (TPSA) is 9.86 Å². The number of thiophene rings is 1. The predicted octanol–water partition coefficient (Wildman–Crippen LogP) is 12.6. The van der Waals surface area contributed by atoms with Crippen LogP contribution < -0.4 is 0 Å². The lowest BCUT2D eigenvalue weighted by Gasteiger charge is -2.24. The second kappa shape index (κ2) is 9.25. The molecule has 48 heavy (non-hydrogen) atoms. The average molecular weight is 631 g/mol. The molecule has 0 atom stereocenters. The Labute approximate surface area is 281 Å². The van der Waals surface area contributed by atoms with Gasteiger partial charge >= 0.3 is 0 Å². The first-order valence-corrected chi connectivity index (χ1v) is 17.5. The van der Waals surface area contributed by atoms with Gasteiger partial charge in [0.1, 0.15) is 0 Å². The summed E-state index contributed by atoms with van der Waals surface area (Å²) < 4.78 is 7.76. The second-order valence-electron chi connectivity index (χ2n) is 13.7. The Morgan fingerprint density at radius 3 is 1.88 bits per heavy atom. The van der Waals surface area contributed by atoms with Crippen LogP contribution in [0.2, 0.25) is 0 Å².